The molecule has 0 aliphatic heterocycles. The first-order valence-electron chi connectivity index (χ1n) is 5.84. The number of aliphatic hydroxyl groups excluding tert-OH is 1. The summed E-state index contributed by atoms with van der Waals surface area (Å²) in [6.45, 7) is 0.881. The highest BCUT2D eigenvalue weighted by molar-refractivity contribution is 5.78. The summed E-state index contributed by atoms with van der Waals surface area (Å²) in [4.78, 5) is 6.34. The predicted octanol–water partition coefficient (Wildman–Crippen LogP) is 2.22. The maximum absolute atomic E-state index is 10.1. The van der Waals surface area contributed by atoms with E-state index in [4.69, 9.17) is 0 Å². The maximum atomic E-state index is 10.1. The Bertz CT molecular complexity index is 496. The Labute approximate surface area is 102 Å². The first-order chi connectivity index (χ1) is 8.16. The second kappa shape index (κ2) is 5.25. The van der Waals surface area contributed by atoms with E-state index in [1.165, 1.54) is 0 Å². The van der Waals surface area contributed by atoms with Gasteiger partial charge in [-0.05, 0) is 44.3 Å². The van der Waals surface area contributed by atoms with Gasteiger partial charge in [0.1, 0.15) is 0 Å². The van der Waals surface area contributed by atoms with Crippen LogP contribution in [0.25, 0.3) is 10.9 Å². The number of hydrogen-bond donors (Lipinski definition) is 1. The van der Waals surface area contributed by atoms with E-state index in [1.54, 1.807) is 6.20 Å². The van der Waals surface area contributed by atoms with Crippen molar-refractivity contribution in [2.45, 2.75) is 12.5 Å². The van der Waals surface area contributed by atoms with Gasteiger partial charge in [-0.25, -0.2) is 0 Å². The third-order valence-electron chi connectivity index (χ3n) is 2.86. The van der Waals surface area contributed by atoms with Gasteiger partial charge in [-0.15, -0.1) is 0 Å². The topological polar surface area (TPSA) is 36.4 Å². The lowest BCUT2D eigenvalue weighted by molar-refractivity contribution is 0.154. The van der Waals surface area contributed by atoms with Crippen molar-refractivity contribution >= 4 is 10.9 Å². The van der Waals surface area contributed by atoms with Gasteiger partial charge in [0, 0.05) is 18.1 Å². The number of benzene rings is 1. The largest absolute Gasteiger partial charge is 0.388 e. The maximum Gasteiger partial charge on any atom is 0.0802 e. The normalized spacial score (nSPS) is 13.2. The van der Waals surface area contributed by atoms with Gasteiger partial charge in [0.25, 0.3) is 0 Å². The summed E-state index contributed by atoms with van der Waals surface area (Å²) >= 11 is 0. The molecule has 0 fully saturated rings. The van der Waals surface area contributed by atoms with E-state index in [2.05, 4.69) is 9.88 Å². The third-order valence-corrected chi connectivity index (χ3v) is 2.86. The number of aromatic nitrogens is 1. The van der Waals surface area contributed by atoms with Crippen LogP contribution in [0.15, 0.2) is 36.5 Å². The summed E-state index contributed by atoms with van der Waals surface area (Å²) in [6.07, 6.45) is 2.13. The van der Waals surface area contributed by atoms with Gasteiger partial charge in [0.15, 0.2) is 0 Å². The van der Waals surface area contributed by atoms with Crippen molar-refractivity contribution in [3.05, 3.63) is 42.1 Å². The molecule has 1 atom stereocenters. The van der Waals surface area contributed by atoms with Crippen LogP contribution < -0.4 is 0 Å². The Hall–Kier alpha value is -1.45. The molecule has 3 nitrogen and oxygen atoms in total. The zero-order valence-electron chi connectivity index (χ0n) is 10.3. The van der Waals surface area contributed by atoms with Crippen molar-refractivity contribution in [3.63, 3.8) is 0 Å². The van der Waals surface area contributed by atoms with Gasteiger partial charge in [0.05, 0.1) is 11.6 Å². The van der Waals surface area contributed by atoms with Crippen LogP contribution in [-0.2, 0) is 0 Å². The molecule has 1 unspecified atom stereocenters. The molecular formula is C14H18N2O. The fourth-order valence-electron chi connectivity index (χ4n) is 1.85. The molecular weight excluding hydrogens is 212 g/mol. The molecule has 2 aromatic rings. The van der Waals surface area contributed by atoms with E-state index in [-0.39, 0.29) is 0 Å². The van der Waals surface area contributed by atoms with Crippen molar-refractivity contribution in [2.75, 3.05) is 20.6 Å². The Kier molecular flexibility index (Phi) is 3.71. The first-order valence-corrected chi connectivity index (χ1v) is 5.84. The van der Waals surface area contributed by atoms with Gasteiger partial charge >= 0.3 is 0 Å². The smallest absolute Gasteiger partial charge is 0.0802 e. The van der Waals surface area contributed by atoms with E-state index in [0.29, 0.717) is 0 Å². The average molecular weight is 230 g/mol. The molecule has 0 spiro atoms. The molecule has 17 heavy (non-hydrogen) atoms. The molecule has 3 heteroatoms. The molecule has 1 aromatic carbocycles. The Morgan fingerprint density at radius 3 is 2.88 bits per heavy atom. The summed E-state index contributed by atoms with van der Waals surface area (Å²) in [6, 6.07) is 9.87. The second-order valence-electron chi connectivity index (χ2n) is 4.56. The summed E-state index contributed by atoms with van der Waals surface area (Å²) in [5.74, 6) is 0. The van der Waals surface area contributed by atoms with Crippen LogP contribution in [0.2, 0.25) is 0 Å². The number of pyridine rings is 1. The van der Waals surface area contributed by atoms with Crippen LogP contribution in [0.5, 0.6) is 0 Å². The van der Waals surface area contributed by atoms with Crippen LogP contribution in [-0.4, -0.2) is 35.6 Å². The molecule has 1 N–H and O–H groups in total. The molecule has 0 saturated carbocycles. The highest BCUT2D eigenvalue weighted by Crippen LogP contribution is 2.21. The van der Waals surface area contributed by atoms with Crippen LogP contribution in [0, 0.1) is 0 Å². The highest BCUT2D eigenvalue weighted by Gasteiger charge is 2.08. The van der Waals surface area contributed by atoms with E-state index in [1.807, 2.05) is 44.4 Å². The molecule has 0 aliphatic carbocycles. The van der Waals surface area contributed by atoms with Gasteiger partial charge < -0.3 is 10.0 Å². The zero-order valence-corrected chi connectivity index (χ0v) is 10.3. The molecule has 0 amide bonds. The molecule has 0 aliphatic rings. The quantitative estimate of drug-likeness (QED) is 0.875. The lowest BCUT2D eigenvalue weighted by Crippen LogP contribution is -2.15. The Morgan fingerprint density at radius 1 is 1.29 bits per heavy atom. The van der Waals surface area contributed by atoms with Gasteiger partial charge in [-0.2, -0.15) is 0 Å². The van der Waals surface area contributed by atoms with Crippen molar-refractivity contribution in [3.8, 4) is 0 Å². The van der Waals surface area contributed by atoms with E-state index in [0.717, 1.165) is 29.4 Å². The van der Waals surface area contributed by atoms with E-state index < -0.39 is 6.10 Å². The SMILES string of the molecule is CN(C)CCC(O)c1ccc2ncccc2c1. The van der Waals surface area contributed by atoms with E-state index >= 15 is 0 Å². The molecule has 1 aromatic heterocycles. The lowest BCUT2D eigenvalue weighted by Gasteiger charge is -2.15. The molecule has 0 saturated heterocycles. The van der Waals surface area contributed by atoms with Crippen LogP contribution in [0.3, 0.4) is 0 Å². The molecule has 2 rings (SSSR count). The number of aliphatic hydroxyl groups is 1. The van der Waals surface area contributed by atoms with Gasteiger partial charge in [-0.3, -0.25) is 4.98 Å². The summed E-state index contributed by atoms with van der Waals surface area (Å²) in [7, 11) is 4.02. The summed E-state index contributed by atoms with van der Waals surface area (Å²) < 4.78 is 0. The van der Waals surface area contributed by atoms with Crippen LogP contribution >= 0.6 is 0 Å². The molecule has 1 heterocycles. The minimum Gasteiger partial charge on any atom is -0.388 e. The monoisotopic (exact) mass is 230 g/mol. The minimum absolute atomic E-state index is 0.401. The van der Waals surface area contributed by atoms with Crippen LogP contribution in [0.4, 0.5) is 0 Å². The molecule has 90 valence electrons. The average Bonchev–Trinajstić information content (AvgIpc) is 2.35. The number of rotatable bonds is 4. The summed E-state index contributed by atoms with van der Waals surface area (Å²) in [5.41, 5.74) is 1.93. The Morgan fingerprint density at radius 2 is 2.12 bits per heavy atom. The standard InChI is InChI=1S/C14H18N2O/c1-16(2)9-7-14(17)12-5-6-13-11(10-12)4-3-8-15-13/h3-6,8,10,14,17H,7,9H2,1-2H3. The fraction of sp³-hybridized carbons (Fsp3) is 0.357. The predicted molar refractivity (Wildman–Crippen MR) is 69.9 cm³/mol. The third kappa shape index (κ3) is 3.02. The number of nitrogens with zero attached hydrogens (tertiary/aromatic N) is 2. The number of hydrogen-bond acceptors (Lipinski definition) is 3. The highest BCUT2D eigenvalue weighted by atomic mass is 16.3. The fourth-order valence-corrected chi connectivity index (χ4v) is 1.85. The minimum atomic E-state index is -0.401. The number of fused-ring (bicyclic) bond motifs is 1. The van der Waals surface area contributed by atoms with Crippen molar-refractivity contribution < 1.29 is 5.11 Å². The first kappa shape index (κ1) is 12.0. The lowest BCUT2D eigenvalue weighted by atomic mass is 10.0. The Balaban J connectivity index is 2.18. The van der Waals surface area contributed by atoms with Crippen molar-refractivity contribution in [1.82, 2.24) is 9.88 Å². The summed E-state index contributed by atoms with van der Waals surface area (Å²) in [5, 5.41) is 11.2. The molecule has 0 bridgehead atoms. The van der Waals surface area contributed by atoms with Crippen LogP contribution in [0.1, 0.15) is 18.1 Å². The second-order valence-corrected chi connectivity index (χ2v) is 4.56. The van der Waals surface area contributed by atoms with Gasteiger partial charge in [-0.1, -0.05) is 12.1 Å². The van der Waals surface area contributed by atoms with Crippen molar-refractivity contribution in [1.29, 1.82) is 0 Å². The van der Waals surface area contributed by atoms with Gasteiger partial charge in [0.2, 0.25) is 0 Å². The zero-order chi connectivity index (χ0) is 12.3. The van der Waals surface area contributed by atoms with Crippen molar-refractivity contribution in [2.24, 2.45) is 0 Å². The van der Waals surface area contributed by atoms with E-state index in [9.17, 15) is 5.11 Å². The molecule has 0 radical (unpaired) electrons.